The summed E-state index contributed by atoms with van der Waals surface area (Å²) in [5, 5.41) is 9.43. The summed E-state index contributed by atoms with van der Waals surface area (Å²) in [5.41, 5.74) is 5.88. The van der Waals surface area contributed by atoms with E-state index >= 15 is 0 Å². The molecule has 5 heteroatoms. The van der Waals surface area contributed by atoms with E-state index in [1.165, 1.54) is 16.8 Å². The van der Waals surface area contributed by atoms with Crippen molar-refractivity contribution in [1.29, 1.82) is 5.26 Å². The van der Waals surface area contributed by atoms with Crippen LogP contribution in [0.15, 0.2) is 41.3 Å². The van der Waals surface area contributed by atoms with Crippen molar-refractivity contribution in [1.82, 2.24) is 4.57 Å². The van der Waals surface area contributed by atoms with Crippen LogP contribution in [0.3, 0.4) is 0 Å². The second-order valence-electron chi connectivity index (χ2n) is 3.41. The van der Waals surface area contributed by atoms with Crippen molar-refractivity contribution in [3.05, 3.63) is 57.5 Å². The summed E-state index contributed by atoms with van der Waals surface area (Å²) in [6.07, 6.45) is 1.53. The molecule has 0 bridgehead atoms. The van der Waals surface area contributed by atoms with Crippen molar-refractivity contribution in [2.45, 2.75) is 0 Å². The molecule has 4 nitrogen and oxygen atoms in total. The fourth-order valence-electron chi connectivity index (χ4n) is 1.47. The number of aromatic nitrogens is 1. The van der Waals surface area contributed by atoms with Crippen molar-refractivity contribution in [2.24, 2.45) is 0 Å². The average Bonchev–Trinajstić information content (AvgIpc) is 2.31. The molecule has 0 fully saturated rings. The summed E-state index contributed by atoms with van der Waals surface area (Å²) in [4.78, 5) is 11.9. The van der Waals surface area contributed by atoms with Crippen LogP contribution in [0.2, 0.25) is 5.02 Å². The summed E-state index contributed by atoms with van der Waals surface area (Å²) >= 11 is 5.76. The van der Waals surface area contributed by atoms with E-state index in [4.69, 9.17) is 22.6 Å². The van der Waals surface area contributed by atoms with Gasteiger partial charge in [0.25, 0.3) is 5.56 Å². The number of pyridine rings is 1. The molecule has 2 N–H and O–H groups in total. The molecule has 1 heterocycles. The predicted octanol–water partition coefficient (Wildman–Crippen LogP) is 1.94. The van der Waals surface area contributed by atoms with Gasteiger partial charge >= 0.3 is 0 Å². The van der Waals surface area contributed by atoms with Crippen molar-refractivity contribution >= 4 is 17.3 Å². The second-order valence-corrected chi connectivity index (χ2v) is 3.85. The normalized spacial score (nSPS) is 9.88. The lowest BCUT2D eigenvalue weighted by molar-refractivity contribution is 0.985. The van der Waals surface area contributed by atoms with E-state index in [-0.39, 0.29) is 11.3 Å². The Hall–Kier alpha value is -2.25. The maximum Gasteiger partial charge on any atom is 0.275 e. The maximum atomic E-state index is 11.9. The van der Waals surface area contributed by atoms with Crippen LogP contribution >= 0.6 is 11.6 Å². The number of nitrogens with two attached hydrogens (primary N) is 1. The summed E-state index contributed by atoms with van der Waals surface area (Å²) in [7, 11) is 0. The zero-order valence-corrected chi connectivity index (χ0v) is 9.48. The van der Waals surface area contributed by atoms with Gasteiger partial charge in [0, 0.05) is 16.9 Å². The second kappa shape index (κ2) is 4.32. The quantitative estimate of drug-likeness (QED) is 0.835. The molecule has 1 aromatic carbocycles. The first kappa shape index (κ1) is 11.2. The Kier molecular flexibility index (Phi) is 2.86. The molecular weight excluding hydrogens is 238 g/mol. The monoisotopic (exact) mass is 245 g/mol. The molecule has 0 atom stereocenters. The molecule has 0 saturated carbocycles. The lowest BCUT2D eigenvalue weighted by atomic mass is 10.2. The fraction of sp³-hybridized carbons (Fsp3) is 0. The molecule has 17 heavy (non-hydrogen) atoms. The molecule has 0 aliphatic heterocycles. The smallest absolute Gasteiger partial charge is 0.275 e. The van der Waals surface area contributed by atoms with Crippen molar-refractivity contribution in [3.63, 3.8) is 0 Å². The first-order valence-corrected chi connectivity index (χ1v) is 5.18. The van der Waals surface area contributed by atoms with Crippen molar-refractivity contribution in [3.8, 4) is 11.8 Å². The number of nitriles is 1. The van der Waals surface area contributed by atoms with Gasteiger partial charge in [0.05, 0.1) is 5.69 Å². The van der Waals surface area contributed by atoms with Crippen LogP contribution in [0, 0.1) is 11.3 Å². The zero-order valence-electron chi connectivity index (χ0n) is 8.72. The SMILES string of the molecule is N#Cc1c(N)ccn(-c2ccc(Cl)cc2)c1=O. The molecule has 1 aromatic heterocycles. The van der Waals surface area contributed by atoms with E-state index in [1.54, 1.807) is 30.3 Å². The molecule has 0 aliphatic rings. The third-order valence-electron chi connectivity index (χ3n) is 2.34. The van der Waals surface area contributed by atoms with Gasteiger partial charge in [-0.15, -0.1) is 0 Å². The Morgan fingerprint density at radius 3 is 2.47 bits per heavy atom. The number of nitrogen functional groups attached to an aromatic ring is 1. The van der Waals surface area contributed by atoms with E-state index in [1.807, 2.05) is 0 Å². The van der Waals surface area contributed by atoms with E-state index in [0.717, 1.165) is 0 Å². The highest BCUT2D eigenvalue weighted by atomic mass is 35.5. The van der Waals surface area contributed by atoms with Crippen LogP contribution in [0.1, 0.15) is 5.56 Å². The van der Waals surface area contributed by atoms with Crippen LogP contribution in [0.4, 0.5) is 5.69 Å². The average molecular weight is 246 g/mol. The minimum Gasteiger partial charge on any atom is -0.397 e. The summed E-state index contributed by atoms with van der Waals surface area (Å²) in [6, 6.07) is 10.1. The van der Waals surface area contributed by atoms with Crippen molar-refractivity contribution < 1.29 is 0 Å². The van der Waals surface area contributed by atoms with Gasteiger partial charge in [-0.1, -0.05) is 11.6 Å². The first-order chi connectivity index (χ1) is 8.13. The largest absolute Gasteiger partial charge is 0.397 e. The van der Waals surface area contributed by atoms with Gasteiger partial charge in [0.2, 0.25) is 0 Å². The van der Waals surface area contributed by atoms with Gasteiger partial charge in [-0.3, -0.25) is 9.36 Å². The summed E-state index contributed by atoms with van der Waals surface area (Å²) in [6.45, 7) is 0. The topological polar surface area (TPSA) is 71.8 Å². The summed E-state index contributed by atoms with van der Waals surface area (Å²) < 4.78 is 1.35. The minimum atomic E-state index is -0.435. The highest BCUT2D eigenvalue weighted by Crippen LogP contribution is 2.13. The Morgan fingerprint density at radius 2 is 1.88 bits per heavy atom. The molecule has 0 aliphatic carbocycles. The molecule has 2 aromatic rings. The molecule has 0 amide bonds. The molecule has 2 rings (SSSR count). The minimum absolute atomic E-state index is 0.0533. The van der Waals surface area contributed by atoms with Crippen molar-refractivity contribution in [2.75, 3.05) is 5.73 Å². The summed E-state index contributed by atoms with van der Waals surface area (Å²) in [5.74, 6) is 0. The Labute approximate surface area is 102 Å². The van der Waals surface area contributed by atoms with Gasteiger partial charge in [-0.05, 0) is 30.3 Å². The van der Waals surface area contributed by atoms with Crippen LogP contribution in [-0.4, -0.2) is 4.57 Å². The molecule has 0 saturated heterocycles. The highest BCUT2D eigenvalue weighted by molar-refractivity contribution is 6.30. The zero-order chi connectivity index (χ0) is 12.4. The highest BCUT2D eigenvalue weighted by Gasteiger charge is 2.08. The Morgan fingerprint density at radius 1 is 1.24 bits per heavy atom. The third kappa shape index (κ3) is 2.01. The lowest BCUT2D eigenvalue weighted by Gasteiger charge is -2.07. The standard InChI is InChI=1S/C12H8ClN3O/c13-8-1-3-9(4-2-8)16-6-5-11(15)10(7-14)12(16)17/h1-6H,15H2. The molecule has 0 radical (unpaired) electrons. The fourth-order valence-corrected chi connectivity index (χ4v) is 1.59. The number of benzene rings is 1. The molecule has 84 valence electrons. The number of nitrogens with zero attached hydrogens (tertiary/aromatic N) is 2. The van der Waals surface area contributed by atoms with Crippen LogP contribution in [0.5, 0.6) is 0 Å². The number of rotatable bonds is 1. The van der Waals surface area contributed by atoms with Gasteiger partial charge in [0.15, 0.2) is 0 Å². The number of hydrogen-bond donors (Lipinski definition) is 1. The number of halogens is 1. The number of hydrogen-bond acceptors (Lipinski definition) is 3. The van der Waals surface area contributed by atoms with E-state index in [0.29, 0.717) is 10.7 Å². The Bertz CT molecular complexity index is 653. The van der Waals surface area contributed by atoms with E-state index < -0.39 is 5.56 Å². The van der Waals surface area contributed by atoms with Gasteiger partial charge < -0.3 is 5.73 Å². The van der Waals surface area contributed by atoms with Gasteiger partial charge in [0.1, 0.15) is 11.6 Å². The van der Waals surface area contributed by atoms with Crippen LogP contribution in [-0.2, 0) is 0 Å². The molecular formula is C12H8ClN3O. The maximum absolute atomic E-state index is 11.9. The number of anilines is 1. The predicted molar refractivity (Wildman–Crippen MR) is 66.2 cm³/mol. The van der Waals surface area contributed by atoms with Gasteiger partial charge in [-0.2, -0.15) is 5.26 Å². The first-order valence-electron chi connectivity index (χ1n) is 4.80. The Balaban J connectivity index is 2.66. The van der Waals surface area contributed by atoms with E-state index in [2.05, 4.69) is 0 Å². The van der Waals surface area contributed by atoms with E-state index in [9.17, 15) is 4.79 Å². The van der Waals surface area contributed by atoms with Crippen LogP contribution < -0.4 is 11.3 Å². The van der Waals surface area contributed by atoms with Crippen LogP contribution in [0.25, 0.3) is 5.69 Å². The molecule has 0 spiro atoms. The lowest BCUT2D eigenvalue weighted by Crippen LogP contribution is -2.21. The third-order valence-corrected chi connectivity index (χ3v) is 2.59. The molecule has 0 unspecified atom stereocenters. The van der Waals surface area contributed by atoms with Gasteiger partial charge in [-0.25, -0.2) is 0 Å².